The molecule has 3 heteroatoms. The third kappa shape index (κ3) is 2.71. The molecule has 0 aliphatic carbocycles. The van der Waals surface area contributed by atoms with Crippen molar-refractivity contribution in [2.24, 2.45) is 0 Å². The van der Waals surface area contributed by atoms with Gasteiger partial charge in [-0.2, -0.15) is 0 Å². The Morgan fingerprint density at radius 2 is 1.75 bits per heavy atom. The molecule has 82 valence electrons. The number of aromatic hydroxyl groups is 1. The molecule has 0 saturated carbocycles. The van der Waals surface area contributed by atoms with Crippen molar-refractivity contribution in [3.05, 3.63) is 53.1 Å². The van der Waals surface area contributed by atoms with Crippen LogP contribution in [0.5, 0.6) is 5.75 Å². The van der Waals surface area contributed by atoms with E-state index < -0.39 is 0 Å². The third-order valence-electron chi connectivity index (χ3n) is 2.17. The zero-order valence-corrected chi connectivity index (χ0v) is 10.3. The molecule has 2 rings (SSSR count). The van der Waals surface area contributed by atoms with Crippen LogP contribution in [0.15, 0.2) is 52.3 Å². The summed E-state index contributed by atoms with van der Waals surface area (Å²) in [4.78, 5) is 1.91. The molecule has 0 bridgehead atoms. The van der Waals surface area contributed by atoms with E-state index in [-0.39, 0.29) is 5.75 Å². The van der Waals surface area contributed by atoms with Gasteiger partial charge in [0.05, 0.1) is 4.90 Å². The molecule has 0 aliphatic rings. The molecule has 0 aromatic heterocycles. The van der Waals surface area contributed by atoms with Crippen LogP contribution in [0.25, 0.3) is 0 Å². The first-order chi connectivity index (χ1) is 7.65. The third-order valence-corrected chi connectivity index (χ3v) is 3.48. The van der Waals surface area contributed by atoms with Gasteiger partial charge < -0.3 is 5.11 Å². The molecule has 0 spiro atoms. The molecule has 0 aliphatic heterocycles. The van der Waals surface area contributed by atoms with Crippen molar-refractivity contribution in [2.75, 3.05) is 0 Å². The summed E-state index contributed by atoms with van der Waals surface area (Å²) in [6, 6.07) is 13.3. The van der Waals surface area contributed by atoms with Crippen molar-refractivity contribution in [1.29, 1.82) is 0 Å². The van der Waals surface area contributed by atoms with Crippen LogP contribution < -0.4 is 0 Å². The lowest BCUT2D eigenvalue weighted by Crippen LogP contribution is -1.76. The molecular weight excluding hydrogens is 240 g/mol. The van der Waals surface area contributed by atoms with Crippen molar-refractivity contribution in [3.8, 4) is 5.75 Å². The Bertz CT molecular complexity index is 494. The Balaban J connectivity index is 2.23. The van der Waals surface area contributed by atoms with E-state index in [0.29, 0.717) is 5.02 Å². The van der Waals surface area contributed by atoms with Crippen LogP contribution in [0.4, 0.5) is 0 Å². The Hall–Kier alpha value is -1.12. The van der Waals surface area contributed by atoms with Gasteiger partial charge in [-0.05, 0) is 37.3 Å². The molecule has 0 heterocycles. The zero-order chi connectivity index (χ0) is 11.5. The Morgan fingerprint density at radius 3 is 2.38 bits per heavy atom. The molecule has 0 saturated heterocycles. The molecule has 0 unspecified atom stereocenters. The van der Waals surface area contributed by atoms with E-state index in [9.17, 15) is 5.11 Å². The minimum atomic E-state index is 0.220. The Labute approximate surface area is 104 Å². The van der Waals surface area contributed by atoms with Crippen molar-refractivity contribution < 1.29 is 5.11 Å². The van der Waals surface area contributed by atoms with Crippen molar-refractivity contribution in [2.45, 2.75) is 16.7 Å². The first-order valence-corrected chi connectivity index (χ1v) is 6.07. The molecular formula is C13H11ClOS. The highest BCUT2D eigenvalue weighted by Crippen LogP contribution is 2.35. The number of rotatable bonds is 2. The lowest BCUT2D eigenvalue weighted by molar-refractivity contribution is 0.462. The van der Waals surface area contributed by atoms with E-state index in [1.54, 1.807) is 12.1 Å². The lowest BCUT2D eigenvalue weighted by atomic mass is 10.2. The van der Waals surface area contributed by atoms with E-state index in [0.717, 1.165) is 9.79 Å². The van der Waals surface area contributed by atoms with Crippen molar-refractivity contribution in [3.63, 3.8) is 0 Å². The maximum atomic E-state index is 9.70. The molecule has 1 nitrogen and oxygen atoms in total. The summed E-state index contributed by atoms with van der Waals surface area (Å²) in [7, 11) is 0. The molecule has 0 fully saturated rings. The number of phenols is 1. The molecule has 0 atom stereocenters. The minimum absolute atomic E-state index is 0.220. The summed E-state index contributed by atoms with van der Waals surface area (Å²) in [5.41, 5.74) is 1.23. The summed E-state index contributed by atoms with van der Waals surface area (Å²) in [5.74, 6) is 0.220. The fourth-order valence-corrected chi connectivity index (χ4v) is 2.30. The summed E-state index contributed by atoms with van der Waals surface area (Å²) in [6.45, 7) is 2.05. The predicted molar refractivity (Wildman–Crippen MR) is 68.4 cm³/mol. The van der Waals surface area contributed by atoms with Gasteiger partial charge in [-0.15, -0.1) is 0 Å². The Morgan fingerprint density at radius 1 is 1.06 bits per heavy atom. The van der Waals surface area contributed by atoms with E-state index in [1.807, 2.05) is 25.1 Å². The zero-order valence-electron chi connectivity index (χ0n) is 8.77. The van der Waals surface area contributed by atoms with Gasteiger partial charge in [0.1, 0.15) is 5.75 Å². The Kier molecular flexibility index (Phi) is 3.42. The number of benzene rings is 2. The van der Waals surface area contributed by atoms with E-state index in [1.165, 1.54) is 17.3 Å². The highest BCUT2D eigenvalue weighted by Gasteiger charge is 2.03. The molecule has 0 radical (unpaired) electrons. The summed E-state index contributed by atoms with van der Waals surface area (Å²) in [6.07, 6.45) is 0. The molecule has 1 N–H and O–H groups in total. The number of aryl methyl sites for hydroxylation is 1. The first kappa shape index (κ1) is 11.4. The summed E-state index contributed by atoms with van der Waals surface area (Å²) in [5, 5.41) is 10.2. The van der Waals surface area contributed by atoms with Crippen molar-refractivity contribution in [1.82, 2.24) is 0 Å². The maximum absolute atomic E-state index is 9.70. The average Bonchev–Trinajstić information content (AvgIpc) is 2.25. The van der Waals surface area contributed by atoms with Crippen LogP contribution in [0, 0.1) is 6.92 Å². The predicted octanol–water partition coefficient (Wildman–Crippen LogP) is 4.51. The fraction of sp³-hybridized carbons (Fsp3) is 0.0769. The fourth-order valence-electron chi connectivity index (χ4n) is 1.31. The first-order valence-electron chi connectivity index (χ1n) is 4.88. The molecule has 2 aromatic rings. The van der Waals surface area contributed by atoms with Gasteiger partial charge in [-0.3, -0.25) is 0 Å². The molecule has 16 heavy (non-hydrogen) atoms. The lowest BCUT2D eigenvalue weighted by Gasteiger charge is -2.04. The van der Waals surface area contributed by atoms with E-state index in [2.05, 4.69) is 12.1 Å². The quantitative estimate of drug-likeness (QED) is 0.847. The van der Waals surface area contributed by atoms with Gasteiger partial charge in [0, 0.05) is 9.92 Å². The largest absolute Gasteiger partial charge is 0.507 e. The highest BCUT2D eigenvalue weighted by atomic mass is 35.5. The number of hydrogen-bond acceptors (Lipinski definition) is 2. The smallest absolute Gasteiger partial charge is 0.130 e. The van der Waals surface area contributed by atoms with Crippen LogP contribution >= 0.6 is 23.4 Å². The minimum Gasteiger partial charge on any atom is -0.507 e. The standard InChI is InChI=1S/C13H11ClOS/c1-9-2-5-11(6-3-9)16-13-7-4-10(14)8-12(13)15/h2-8,15H,1H3. The maximum Gasteiger partial charge on any atom is 0.130 e. The average molecular weight is 251 g/mol. The van der Waals surface area contributed by atoms with Gasteiger partial charge >= 0.3 is 0 Å². The van der Waals surface area contributed by atoms with Crippen molar-refractivity contribution >= 4 is 23.4 Å². The van der Waals surface area contributed by atoms with Gasteiger partial charge in [-0.1, -0.05) is 41.1 Å². The summed E-state index contributed by atoms with van der Waals surface area (Å²) < 4.78 is 0. The normalized spacial score (nSPS) is 10.4. The van der Waals surface area contributed by atoms with Crippen LogP contribution in [0.2, 0.25) is 5.02 Å². The van der Waals surface area contributed by atoms with Gasteiger partial charge in [0.15, 0.2) is 0 Å². The topological polar surface area (TPSA) is 20.2 Å². The van der Waals surface area contributed by atoms with Crippen LogP contribution in [0.3, 0.4) is 0 Å². The monoisotopic (exact) mass is 250 g/mol. The summed E-state index contributed by atoms with van der Waals surface area (Å²) >= 11 is 7.29. The number of phenolic OH excluding ortho intramolecular Hbond substituents is 1. The van der Waals surface area contributed by atoms with E-state index >= 15 is 0 Å². The van der Waals surface area contributed by atoms with Crippen LogP contribution in [-0.4, -0.2) is 5.11 Å². The number of halogens is 1. The molecule has 0 amide bonds. The van der Waals surface area contributed by atoms with Gasteiger partial charge in [0.2, 0.25) is 0 Å². The molecule has 2 aromatic carbocycles. The number of hydrogen-bond donors (Lipinski definition) is 1. The SMILES string of the molecule is Cc1ccc(Sc2ccc(Cl)cc2O)cc1. The van der Waals surface area contributed by atoms with Crippen LogP contribution in [0.1, 0.15) is 5.56 Å². The van der Waals surface area contributed by atoms with Gasteiger partial charge in [-0.25, -0.2) is 0 Å². The second-order valence-corrected chi connectivity index (χ2v) is 5.08. The highest BCUT2D eigenvalue weighted by molar-refractivity contribution is 7.99. The van der Waals surface area contributed by atoms with E-state index in [4.69, 9.17) is 11.6 Å². The van der Waals surface area contributed by atoms with Crippen LogP contribution in [-0.2, 0) is 0 Å². The van der Waals surface area contributed by atoms with Gasteiger partial charge in [0.25, 0.3) is 0 Å². The second kappa shape index (κ2) is 4.81. The second-order valence-electron chi connectivity index (χ2n) is 3.53.